The van der Waals surface area contributed by atoms with Crippen LogP contribution in [0.4, 0.5) is 0 Å². The molecule has 0 saturated carbocycles. The minimum absolute atomic E-state index is 0.0526. The molecule has 0 aliphatic heterocycles. The highest BCUT2D eigenvalue weighted by Crippen LogP contribution is 2.27. The summed E-state index contributed by atoms with van der Waals surface area (Å²) in [4.78, 5) is 10.9. The molecule has 0 spiro atoms. The van der Waals surface area contributed by atoms with Crippen LogP contribution < -0.4 is 0 Å². The maximum atomic E-state index is 11.5. The van der Waals surface area contributed by atoms with Gasteiger partial charge in [-0.15, -0.1) is 0 Å². The molecule has 0 saturated heterocycles. The zero-order valence-electron chi connectivity index (χ0n) is 8.77. The molecular weight excluding hydrogens is 296 g/mol. The average molecular weight is 307 g/mol. The van der Waals surface area contributed by atoms with Crippen LogP contribution in [0.3, 0.4) is 0 Å². The molecule has 0 radical (unpaired) electrons. The molecule has 0 aromatic heterocycles. The summed E-state index contributed by atoms with van der Waals surface area (Å²) in [5, 5.41) is 8.89. The van der Waals surface area contributed by atoms with Crippen LogP contribution >= 0.6 is 15.9 Å². The van der Waals surface area contributed by atoms with E-state index in [4.69, 9.17) is 5.11 Å². The summed E-state index contributed by atoms with van der Waals surface area (Å²) in [5.74, 6) is -1.90. The van der Waals surface area contributed by atoms with Crippen molar-refractivity contribution in [3.63, 3.8) is 0 Å². The standard InChI is InChI=1S/C10H11BrO4S/c1-6(10(12)13)8-4-3-7(11)5-9(8)16(2,14)15/h3-6H,1-2H3,(H,12,13). The Morgan fingerprint density at radius 1 is 1.44 bits per heavy atom. The molecule has 1 N–H and O–H groups in total. The Kier molecular flexibility index (Phi) is 3.75. The summed E-state index contributed by atoms with van der Waals surface area (Å²) in [6, 6.07) is 4.56. The van der Waals surface area contributed by atoms with Gasteiger partial charge in [0.15, 0.2) is 9.84 Å². The van der Waals surface area contributed by atoms with Crippen molar-refractivity contribution in [2.45, 2.75) is 17.7 Å². The van der Waals surface area contributed by atoms with Crippen LogP contribution in [0, 0.1) is 0 Å². The first-order valence-corrected chi connectivity index (χ1v) is 7.14. The van der Waals surface area contributed by atoms with E-state index in [0.29, 0.717) is 10.0 Å². The number of halogens is 1. The minimum Gasteiger partial charge on any atom is -0.481 e. The largest absolute Gasteiger partial charge is 0.481 e. The molecule has 1 atom stereocenters. The van der Waals surface area contributed by atoms with Gasteiger partial charge in [0.05, 0.1) is 10.8 Å². The van der Waals surface area contributed by atoms with E-state index >= 15 is 0 Å². The van der Waals surface area contributed by atoms with Crippen molar-refractivity contribution in [2.75, 3.05) is 6.26 Å². The van der Waals surface area contributed by atoms with Gasteiger partial charge in [0.1, 0.15) is 0 Å². The van der Waals surface area contributed by atoms with Crippen LogP contribution in [-0.2, 0) is 14.6 Å². The number of hydrogen-bond acceptors (Lipinski definition) is 3. The smallest absolute Gasteiger partial charge is 0.310 e. The Balaban J connectivity index is 3.46. The van der Waals surface area contributed by atoms with Gasteiger partial charge in [-0.05, 0) is 24.6 Å². The molecule has 88 valence electrons. The Morgan fingerprint density at radius 3 is 2.44 bits per heavy atom. The van der Waals surface area contributed by atoms with Gasteiger partial charge in [-0.3, -0.25) is 4.79 Å². The highest BCUT2D eigenvalue weighted by molar-refractivity contribution is 9.10. The molecule has 0 aliphatic carbocycles. The monoisotopic (exact) mass is 306 g/mol. The molecule has 1 aromatic carbocycles. The van der Waals surface area contributed by atoms with Gasteiger partial charge in [-0.1, -0.05) is 22.0 Å². The number of hydrogen-bond donors (Lipinski definition) is 1. The first-order valence-electron chi connectivity index (χ1n) is 4.46. The summed E-state index contributed by atoms with van der Waals surface area (Å²) in [5.41, 5.74) is 0.304. The molecule has 6 heteroatoms. The van der Waals surface area contributed by atoms with Gasteiger partial charge in [0.2, 0.25) is 0 Å². The fraction of sp³-hybridized carbons (Fsp3) is 0.300. The normalized spacial score (nSPS) is 13.4. The van der Waals surface area contributed by atoms with E-state index in [1.807, 2.05) is 0 Å². The maximum absolute atomic E-state index is 11.5. The Bertz CT molecular complexity index is 522. The number of aliphatic carboxylic acids is 1. The number of carboxylic acids is 1. The van der Waals surface area contributed by atoms with E-state index in [1.165, 1.54) is 19.1 Å². The molecule has 0 aliphatic rings. The van der Waals surface area contributed by atoms with Crippen molar-refractivity contribution in [1.82, 2.24) is 0 Å². The summed E-state index contributed by atoms with van der Waals surface area (Å²) in [6.07, 6.45) is 1.06. The molecular formula is C10H11BrO4S. The van der Waals surface area contributed by atoms with Crippen molar-refractivity contribution in [3.05, 3.63) is 28.2 Å². The van der Waals surface area contributed by atoms with Crippen molar-refractivity contribution in [1.29, 1.82) is 0 Å². The van der Waals surface area contributed by atoms with Crippen LogP contribution in [0.5, 0.6) is 0 Å². The number of carboxylic acid groups (broad SMARTS) is 1. The topological polar surface area (TPSA) is 71.4 Å². The van der Waals surface area contributed by atoms with Crippen LogP contribution in [0.1, 0.15) is 18.4 Å². The molecule has 0 amide bonds. The summed E-state index contributed by atoms with van der Waals surface area (Å²) >= 11 is 3.16. The van der Waals surface area contributed by atoms with Crippen molar-refractivity contribution in [3.8, 4) is 0 Å². The van der Waals surface area contributed by atoms with Crippen LogP contribution in [0.25, 0.3) is 0 Å². The van der Waals surface area contributed by atoms with Gasteiger partial charge < -0.3 is 5.11 Å². The summed E-state index contributed by atoms with van der Waals surface area (Å²) in [7, 11) is -3.43. The van der Waals surface area contributed by atoms with E-state index in [2.05, 4.69) is 15.9 Å². The molecule has 0 bridgehead atoms. The average Bonchev–Trinajstić information content (AvgIpc) is 2.15. The van der Waals surface area contributed by atoms with E-state index < -0.39 is 21.7 Å². The van der Waals surface area contributed by atoms with E-state index in [9.17, 15) is 13.2 Å². The van der Waals surface area contributed by atoms with E-state index in [-0.39, 0.29) is 4.90 Å². The molecule has 16 heavy (non-hydrogen) atoms. The summed E-state index contributed by atoms with van der Waals surface area (Å²) < 4.78 is 23.6. The molecule has 0 heterocycles. The molecule has 1 unspecified atom stereocenters. The Morgan fingerprint density at radius 2 is 2.00 bits per heavy atom. The lowest BCUT2D eigenvalue weighted by Crippen LogP contribution is -2.12. The van der Waals surface area contributed by atoms with Crippen LogP contribution in [0.2, 0.25) is 0 Å². The molecule has 1 aromatic rings. The van der Waals surface area contributed by atoms with Gasteiger partial charge in [-0.2, -0.15) is 0 Å². The SMILES string of the molecule is CC(C(=O)O)c1ccc(Br)cc1S(C)(=O)=O. The van der Waals surface area contributed by atoms with Gasteiger partial charge in [0, 0.05) is 10.7 Å². The second kappa shape index (κ2) is 4.55. The fourth-order valence-electron chi connectivity index (χ4n) is 1.32. The highest BCUT2D eigenvalue weighted by Gasteiger charge is 2.22. The first-order chi connectivity index (χ1) is 7.23. The Hall–Kier alpha value is -0.880. The van der Waals surface area contributed by atoms with Crippen molar-refractivity contribution < 1.29 is 18.3 Å². The van der Waals surface area contributed by atoms with Crippen LogP contribution in [0.15, 0.2) is 27.6 Å². The zero-order chi connectivity index (χ0) is 12.5. The zero-order valence-corrected chi connectivity index (χ0v) is 11.2. The van der Waals surface area contributed by atoms with Gasteiger partial charge in [0.25, 0.3) is 0 Å². The number of sulfone groups is 1. The highest BCUT2D eigenvalue weighted by atomic mass is 79.9. The molecule has 1 rings (SSSR count). The number of benzene rings is 1. The summed E-state index contributed by atoms with van der Waals surface area (Å²) in [6.45, 7) is 1.46. The van der Waals surface area contributed by atoms with Gasteiger partial charge >= 0.3 is 5.97 Å². The molecule has 4 nitrogen and oxygen atoms in total. The predicted octanol–water partition coefficient (Wildman–Crippen LogP) is 2.04. The second-order valence-electron chi connectivity index (χ2n) is 3.51. The quantitative estimate of drug-likeness (QED) is 0.927. The lowest BCUT2D eigenvalue weighted by Gasteiger charge is -2.12. The predicted molar refractivity (Wildman–Crippen MR) is 63.3 cm³/mol. The first kappa shape index (κ1) is 13.2. The number of rotatable bonds is 3. The second-order valence-corrected chi connectivity index (χ2v) is 6.41. The van der Waals surface area contributed by atoms with E-state index in [1.54, 1.807) is 6.07 Å². The minimum atomic E-state index is -3.43. The third-order valence-electron chi connectivity index (χ3n) is 2.21. The fourth-order valence-corrected chi connectivity index (χ4v) is 2.85. The lowest BCUT2D eigenvalue weighted by atomic mass is 10.0. The third-order valence-corrected chi connectivity index (χ3v) is 3.86. The molecule has 0 fully saturated rings. The van der Waals surface area contributed by atoms with Crippen molar-refractivity contribution in [2.24, 2.45) is 0 Å². The van der Waals surface area contributed by atoms with E-state index in [0.717, 1.165) is 6.26 Å². The third kappa shape index (κ3) is 2.82. The lowest BCUT2D eigenvalue weighted by molar-refractivity contribution is -0.138. The maximum Gasteiger partial charge on any atom is 0.310 e. The van der Waals surface area contributed by atoms with Crippen molar-refractivity contribution >= 4 is 31.7 Å². The van der Waals surface area contributed by atoms with Crippen LogP contribution in [-0.4, -0.2) is 25.7 Å². The van der Waals surface area contributed by atoms with Gasteiger partial charge in [-0.25, -0.2) is 8.42 Å². The number of carbonyl (C=O) groups is 1. The Labute approximate surface area is 102 Å².